The summed E-state index contributed by atoms with van der Waals surface area (Å²) in [4.78, 5) is 0. The van der Waals surface area contributed by atoms with E-state index in [-0.39, 0.29) is 0 Å². The van der Waals surface area contributed by atoms with Gasteiger partial charge in [-0.1, -0.05) is 144 Å². The van der Waals surface area contributed by atoms with E-state index in [1.165, 1.54) is 109 Å². The van der Waals surface area contributed by atoms with Crippen molar-refractivity contribution >= 4 is 0 Å². The van der Waals surface area contributed by atoms with Crippen LogP contribution in [0.2, 0.25) is 0 Å². The Labute approximate surface area is 161 Å². The number of hydrogen-bond acceptors (Lipinski definition) is 0. The zero-order valence-corrected chi connectivity index (χ0v) is 19.0. The van der Waals surface area contributed by atoms with Crippen LogP contribution in [0.1, 0.15) is 151 Å². The second-order valence-corrected chi connectivity index (χ2v) is 10.2. The number of unbranched alkanes of at least 4 members (excludes halogenated alkanes) is 15. The molecule has 0 aromatic carbocycles. The van der Waals surface area contributed by atoms with Crippen molar-refractivity contribution in [1.82, 2.24) is 0 Å². The lowest BCUT2D eigenvalue weighted by molar-refractivity contribution is 0.115. The molecule has 0 aromatic heterocycles. The molecule has 0 heterocycles. The molecule has 0 nitrogen and oxygen atoms in total. The zero-order chi connectivity index (χ0) is 19.0. The van der Waals surface area contributed by atoms with Crippen molar-refractivity contribution in [2.75, 3.05) is 0 Å². The standard InChI is InChI=1S/C25H52/c1-7-8-9-10-11-12-13-14-15-16-17-18-19-20-21-22-23-25(5,6)24(2,3)4/h7-23H2,1-6H3. The lowest BCUT2D eigenvalue weighted by Gasteiger charge is -2.39. The maximum Gasteiger partial charge on any atom is -0.0306 e. The first-order valence-electron chi connectivity index (χ1n) is 11.8. The van der Waals surface area contributed by atoms with Crippen molar-refractivity contribution in [3.8, 4) is 0 Å². The molecular formula is C25H52. The molecule has 0 aliphatic carbocycles. The topological polar surface area (TPSA) is 0 Å². The fraction of sp³-hybridized carbons (Fsp3) is 1.00. The summed E-state index contributed by atoms with van der Waals surface area (Å²) in [6.45, 7) is 14.3. The highest BCUT2D eigenvalue weighted by Crippen LogP contribution is 2.41. The van der Waals surface area contributed by atoms with Gasteiger partial charge in [0.25, 0.3) is 0 Å². The molecule has 0 saturated carbocycles. The van der Waals surface area contributed by atoms with Crippen LogP contribution in [0.5, 0.6) is 0 Å². The molecule has 25 heavy (non-hydrogen) atoms. The fourth-order valence-corrected chi connectivity index (χ4v) is 3.49. The molecule has 0 atom stereocenters. The van der Waals surface area contributed by atoms with Crippen LogP contribution < -0.4 is 0 Å². The van der Waals surface area contributed by atoms with Gasteiger partial charge in [0.05, 0.1) is 0 Å². The average Bonchev–Trinajstić information content (AvgIpc) is 2.53. The quantitative estimate of drug-likeness (QED) is 0.228. The highest BCUT2D eigenvalue weighted by atomic mass is 14.4. The molecule has 0 aliphatic heterocycles. The summed E-state index contributed by atoms with van der Waals surface area (Å²) in [6, 6.07) is 0. The molecule has 0 amide bonds. The second-order valence-electron chi connectivity index (χ2n) is 10.2. The van der Waals surface area contributed by atoms with Crippen LogP contribution in [0.25, 0.3) is 0 Å². The van der Waals surface area contributed by atoms with Crippen molar-refractivity contribution in [3.63, 3.8) is 0 Å². The van der Waals surface area contributed by atoms with Crippen molar-refractivity contribution < 1.29 is 0 Å². The van der Waals surface area contributed by atoms with Crippen molar-refractivity contribution in [3.05, 3.63) is 0 Å². The summed E-state index contributed by atoms with van der Waals surface area (Å²) >= 11 is 0. The highest BCUT2D eigenvalue weighted by molar-refractivity contribution is 4.82. The molecule has 0 spiro atoms. The van der Waals surface area contributed by atoms with Crippen LogP contribution in [-0.2, 0) is 0 Å². The maximum absolute atomic E-state index is 2.44. The van der Waals surface area contributed by atoms with Gasteiger partial charge < -0.3 is 0 Å². The second kappa shape index (κ2) is 15.1. The number of hydrogen-bond donors (Lipinski definition) is 0. The van der Waals surface area contributed by atoms with Crippen LogP contribution in [-0.4, -0.2) is 0 Å². The van der Waals surface area contributed by atoms with Crippen LogP contribution in [0.4, 0.5) is 0 Å². The van der Waals surface area contributed by atoms with Gasteiger partial charge >= 0.3 is 0 Å². The molecule has 0 aromatic rings. The van der Waals surface area contributed by atoms with Crippen LogP contribution in [0, 0.1) is 10.8 Å². The maximum atomic E-state index is 2.44. The molecule has 0 radical (unpaired) electrons. The molecular weight excluding hydrogens is 300 g/mol. The Hall–Kier alpha value is 0. The molecule has 0 bridgehead atoms. The van der Waals surface area contributed by atoms with E-state index in [1.54, 1.807) is 0 Å². The predicted octanol–water partition coefficient (Wildman–Crippen LogP) is 9.71. The van der Waals surface area contributed by atoms with Gasteiger partial charge in [-0.25, -0.2) is 0 Å². The third-order valence-corrected chi connectivity index (χ3v) is 6.69. The Kier molecular flexibility index (Phi) is 15.1. The average molecular weight is 353 g/mol. The molecule has 0 saturated heterocycles. The van der Waals surface area contributed by atoms with Crippen molar-refractivity contribution in [1.29, 1.82) is 0 Å². The molecule has 152 valence electrons. The Morgan fingerprint density at radius 2 is 0.680 bits per heavy atom. The Morgan fingerprint density at radius 3 is 0.960 bits per heavy atom. The zero-order valence-electron chi connectivity index (χ0n) is 19.0. The van der Waals surface area contributed by atoms with Crippen LogP contribution >= 0.6 is 0 Å². The van der Waals surface area contributed by atoms with Crippen LogP contribution in [0.15, 0.2) is 0 Å². The van der Waals surface area contributed by atoms with Gasteiger partial charge in [-0.15, -0.1) is 0 Å². The van der Waals surface area contributed by atoms with E-state index in [2.05, 4.69) is 41.5 Å². The van der Waals surface area contributed by atoms with E-state index in [4.69, 9.17) is 0 Å². The van der Waals surface area contributed by atoms with Gasteiger partial charge in [0.2, 0.25) is 0 Å². The summed E-state index contributed by atoms with van der Waals surface area (Å²) in [5.41, 5.74) is 0.908. The van der Waals surface area contributed by atoms with E-state index < -0.39 is 0 Å². The lowest BCUT2D eigenvalue weighted by atomic mass is 9.67. The summed E-state index contributed by atoms with van der Waals surface area (Å²) < 4.78 is 0. The first-order chi connectivity index (χ1) is 11.8. The van der Waals surface area contributed by atoms with Gasteiger partial charge in [-0.3, -0.25) is 0 Å². The Bertz CT molecular complexity index is 268. The minimum atomic E-state index is 0.433. The molecule has 0 rings (SSSR count). The molecule has 0 N–H and O–H groups in total. The lowest BCUT2D eigenvalue weighted by Crippen LogP contribution is -2.29. The third kappa shape index (κ3) is 14.8. The summed E-state index contributed by atoms with van der Waals surface area (Å²) in [6.07, 6.45) is 24.7. The summed E-state index contributed by atoms with van der Waals surface area (Å²) in [7, 11) is 0. The smallest absolute Gasteiger partial charge is 0.0306 e. The normalized spacial score (nSPS) is 12.7. The van der Waals surface area contributed by atoms with E-state index in [0.717, 1.165) is 0 Å². The van der Waals surface area contributed by atoms with E-state index >= 15 is 0 Å². The third-order valence-electron chi connectivity index (χ3n) is 6.69. The van der Waals surface area contributed by atoms with E-state index in [9.17, 15) is 0 Å². The minimum absolute atomic E-state index is 0.433. The largest absolute Gasteiger partial charge is 0.0654 e. The van der Waals surface area contributed by atoms with E-state index in [1.807, 2.05) is 0 Å². The highest BCUT2D eigenvalue weighted by Gasteiger charge is 2.31. The Balaban J connectivity index is 3.22. The van der Waals surface area contributed by atoms with Gasteiger partial charge in [0, 0.05) is 0 Å². The molecule has 0 fully saturated rings. The van der Waals surface area contributed by atoms with Crippen LogP contribution in [0.3, 0.4) is 0 Å². The first-order valence-corrected chi connectivity index (χ1v) is 11.8. The van der Waals surface area contributed by atoms with E-state index in [0.29, 0.717) is 10.8 Å². The molecule has 0 aliphatic rings. The van der Waals surface area contributed by atoms with Gasteiger partial charge in [0.1, 0.15) is 0 Å². The summed E-state index contributed by atoms with van der Waals surface area (Å²) in [5, 5.41) is 0. The minimum Gasteiger partial charge on any atom is -0.0654 e. The summed E-state index contributed by atoms with van der Waals surface area (Å²) in [5.74, 6) is 0. The van der Waals surface area contributed by atoms with Gasteiger partial charge in [-0.2, -0.15) is 0 Å². The fourth-order valence-electron chi connectivity index (χ4n) is 3.49. The first kappa shape index (κ1) is 25.0. The molecule has 0 unspecified atom stereocenters. The number of rotatable bonds is 17. The van der Waals surface area contributed by atoms with Gasteiger partial charge in [-0.05, 0) is 17.3 Å². The molecule has 0 heteroatoms. The SMILES string of the molecule is CCCCCCCCCCCCCCCCCCC(C)(C)C(C)(C)C. The van der Waals surface area contributed by atoms with Gasteiger partial charge in [0.15, 0.2) is 0 Å². The van der Waals surface area contributed by atoms with Crippen molar-refractivity contribution in [2.24, 2.45) is 10.8 Å². The monoisotopic (exact) mass is 352 g/mol. The Morgan fingerprint density at radius 1 is 0.400 bits per heavy atom. The predicted molar refractivity (Wildman–Crippen MR) is 117 cm³/mol. The van der Waals surface area contributed by atoms with Crippen molar-refractivity contribution in [2.45, 2.75) is 151 Å².